The van der Waals surface area contributed by atoms with Crippen molar-refractivity contribution < 1.29 is 9.13 Å². The summed E-state index contributed by atoms with van der Waals surface area (Å²) < 4.78 is 18.6. The summed E-state index contributed by atoms with van der Waals surface area (Å²) >= 11 is 0. The minimum atomic E-state index is -0.288. The van der Waals surface area contributed by atoms with Gasteiger partial charge in [-0.15, -0.1) is 0 Å². The molecule has 0 aliphatic rings. The van der Waals surface area contributed by atoms with Gasteiger partial charge in [-0.05, 0) is 25.3 Å². The number of nitrogens with two attached hydrogens (primary N) is 1. The molecule has 0 heterocycles. The summed E-state index contributed by atoms with van der Waals surface area (Å²) in [6.45, 7) is 6.71. The van der Waals surface area contributed by atoms with E-state index in [9.17, 15) is 4.39 Å². The van der Waals surface area contributed by atoms with Crippen LogP contribution in [-0.2, 0) is 0 Å². The Kier molecular flexibility index (Phi) is 4.74. The monoisotopic (exact) mass is 225 g/mol. The van der Waals surface area contributed by atoms with Gasteiger partial charge in [0, 0.05) is 17.7 Å². The van der Waals surface area contributed by atoms with E-state index in [0.717, 1.165) is 12.0 Å². The minimum Gasteiger partial charge on any atom is -0.493 e. The van der Waals surface area contributed by atoms with E-state index in [4.69, 9.17) is 10.5 Å². The summed E-state index contributed by atoms with van der Waals surface area (Å²) in [5, 5.41) is 0. The summed E-state index contributed by atoms with van der Waals surface area (Å²) in [5.74, 6) is 0.854. The van der Waals surface area contributed by atoms with Crippen LogP contribution in [0.2, 0.25) is 0 Å². The molecule has 0 spiro atoms. The van der Waals surface area contributed by atoms with E-state index < -0.39 is 0 Å². The normalized spacial score (nSPS) is 12.9. The maximum absolute atomic E-state index is 13.1. The van der Waals surface area contributed by atoms with E-state index in [1.807, 2.05) is 6.92 Å². The highest BCUT2D eigenvalue weighted by Crippen LogP contribution is 2.25. The van der Waals surface area contributed by atoms with Crippen molar-refractivity contribution in [2.75, 3.05) is 6.61 Å². The second kappa shape index (κ2) is 5.85. The first-order valence-corrected chi connectivity index (χ1v) is 5.68. The Balaban J connectivity index is 2.72. The van der Waals surface area contributed by atoms with Gasteiger partial charge in [-0.25, -0.2) is 4.39 Å². The Morgan fingerprint density at radius 1 is 1.31 bits per heavy atom. The van der Waals surface area contributed by atoms with Crippen LogP contribution < -0.4 is 10.5 Å². The van der Waals surface area contributed by atoms with Crippen LogP contribution in [0.1, 0.15) is 38.8 Å². The zero-order valence-electron chi connectivity index (χ0n) is 10.2. The average Bonchev–Trinajstić information content (AvgIpc) is 2.16. The minimum absolute atomic E-state index is 0.144. The first-order valence-electron chi connectivity index (χ1n) is 5.68. The van der Waals surface area contributed by atoms with Crippen LogP contribution in [0, 0.1) is 11.7 Å². The predicted octanol–water partition coefficient (Wildman–Crippen LogP) is 3.27. The molecule has 0 saturated heterocycles. The van der Waals surface area contributed by atoms with Crippen LogP contribution in [0.3, 0.4) is 0 Å². The molecule has 0 radical (unpaired) electrons. The lowest BCUT2D eigenvalue weighted by atomic mass is 10.1. The van der Waals surface area contributed by atoms with E-state index in [2.05, 4.69) is 13.8 Å². The van der Waals surface area contributed by atoms with Crippen LogP contribution in [0.15, 0.2) is 18.2 Å². The first kappa shape index (κ1) is 13.0. The third-order valence-corrected chi connectivity index (χ3v) is 2.42. The summed E-state index contributed by atoms with van der Waals surface area (Å²) in [6.07, 6.45) is 0.953. The largest absolute Gasteiger partial charge is 0.493 e. The molecule has 1 aromatic carbocycles. The third-order valence-electron chi connectivity index (χ3n) is 2.42. The number of benzene rings is 1. The molecule has 0 saturated carbocycles. The molecule has 0 aliphatic carbocycles. The van der Waals surface area contributed by atoms with E-state index in [-0.39, 0.29) is 11.9 Å². The van der Waals surface area contributed by atoms with Gasteiger partial charge in [-0.3, -0.25) is 0 Å². The molecular formula is C13H20FNO. The summed E-state index contributed by atoms with van der Waals surface area (Å²) in [7, 11) is 0. The number of hydrogen-bond acceptors (Lipinski definition) is 2. The zero-order chi connectivity index (χ0) is 12.1. The van der Waals surface area contributed by atoms with Crippen LogP contribution in [0.5, 0.6) is 5.75 Å². The van der Waals surface area contributed by atoms with Crippen molar-refractivity contribution in [3.63, 3.8) is 0 Å². The second-order valence-corrected chi connectivity index (χ2v) is 4.50. The Bertz CT molecular complexity index is 337. The fraction of sp³-hybridized carbons (Fsp3) is 0.538. The molecule has 1 aromatic rings. The third kappa shape index (κ3) is 3.81. The van der Waals surface area contributed by atoms with Crippen molar-refractivity contribution >= 4 is 0 Å². The van der Waals surface area contributed by atoms with Gasteiger partial charge in [0.2, 0.25) is 0 Å². The van der Waals surface area contributed by atoms with Crippen LogP contribution in [0.4, 0.5) is 4.39 Å². The zero-order valence-corrected chi connectivity index (χ0v) is 10.2. The topological polar surface area (TPSA) is 35.2 Å². The maximum Gasteiger partial charge on any atom is 0.126 e. The average molecular weight is 225 g/mol. The molecule has 0 amide bonds. The number of rotatable bonds is 5. The van der Waals surface area contributed by atoms with Gasteiger partial charge in [0.05, 0.1) is 6.61 Å². The molecule has 90 valence electrons. The van der Waals surface area contributed by atoms with Crippen molar-refractivity contribution in [3.05, 3.63) is 29.6 Å². The quantitative estimate of drug-likeness (QED) is 0.834. The highest BCUT2D eigenvalue weighted by atomic mass is 19.1. The molecule has 0 fully saturated rings. The second-order valence-electron chi connectivity index (χ2n) is 4.50. The molecule has 1 atom stereocenters. The molecule has 1 rings (SSSR count). The molecule has 16 heavy (non-hydrogen) atoms. The van der Waals surface area contributed by atoms with Crippen molar-refractivity contribution in [1.82, 2.24) is 0 Å². The fourth-order valence-corrected chi connectivity index (χ4v) is 1.41. The van der Waals surface area contributed by atoms with Crippen LogP contribution in [-0.4, -0.2) is 6.61 Å². The smallest absolute Gasteiger partial charge is 0.126 e. The maximum atomic E-state index is 13.1. The highest BCUT2D eigenvalue weighted by Gasteiger charge is 2.09. The van der Waals surface area contributed by atoms with Crippen molar-refractivity contribution in [1.29, 1.82) is 0 Å². The fourth-order valence-electron chi connectivity index (χ4n) is 1.41. The lowest BCUT2D eigenvalue weighted by molar-refractivity contribution is 0.284. The van der Waals surface area contributed by atoms with Crippen molar-refractivity contribution in [2.45, 2.75) is 33.2 Å². The number of hydrogen-bond donors (Lipinski definition) is 1. The summed E-state index contributed by atoms with van der Waals surface area (Å²) in [5.41, 5.74) is 6.65. The molecular weight excluding hydrogens is 205 g/mol. The first-order chi connectivity index (χ1) is 7.50. The molecule has 0 aromatic heterocycles. The lowest BCUT2D eigenvalue weighted by Gasteiger charge is -2.14. The Morgan fingerprint density at radius 3 is 2.56 bits per heavy atom. The SMILES string of the molecule is CC(C)CCOc1cc(F)ccc1[C@@H](C)N. The molecule has 0 aliphatic heterocycles. The van der Waals surface area contributed by atoms with Crippen LogP contribution >= 0.6 is 0 Å². The van der Waals surface area contributed by atoms with Crippen molar-refractivity contribution in [3.8, 4) is 5.75 Å². The van der Waals surface area contributed by atoms with Crippen LogP contribution in [0.25, 0.3) is 0 Å². The molecule has 0 bridgehead atoms. The van der Waals surface area contributed by atoms with Gasteiger partial charge >= 0.3 is 0 Å². The number of halogens is 1. The van der Waals surface area contributed by atoms with Gasteiger partial charge in [-0.1, -0.05) is 19.9 Å². The Labute approximate surface area is 96.6 Å². The summed E-state index contributed by atoms with van der Waals surface area (Å²) in [6, 6.07) is 4.35. The molecule has 2 N–H and O–H groups in total. The van der Waals surface area contributed by atoms with E-state index in [1.165, 1.54) is 12.1 Å². The number of ether oxygens (including phenoxy) is 1. The van der Waals surface area contributed by atoms with Gasteiger partial charge in [0.15, 0.2) is 0 Å². The Hall–Kier alpha value is -1.09. The van der Waals surface area contributed by atoms with Gasteiger partial charge in [0.1, 0.15) is 11.6 Å². The van der Waals surface area contributed by atoms with E-state index >= 15 is 0 Å². The molecule has 2 nitrogen and oxygen atoms in total. The summed E-state index contributed by atoms with van der Waals surface area (Å²) in [4.78, 5) is 0. The standard InChI is InChI=1S/C13H20FNO/c1-9(2)6-7-16-13-8-11(14)4-5-12(13)10(3)15/h4-5,8-10H,6-7,15H2,1-3H3/t10-/m1/s1. The molecule has 3 heteroatoms. The van der Waals surface area contributed by atoms with Gasteiger partial charge < -0.3 is 10.5 Å². The lowest BCUT2D eigenvalue weighted by Crippen LogP contribution is -2.09. The predicted molar refractivity (Wildman–Crippen MR) is 64.0 cm³/mol. The van der Waals surface area contributed by atoms with E-state index in [1.54, 1.807) is 6.07 Å². The molecule has 0 unspecified atom stereocenters. The Morgan fingerprint density at radius 2 is 2.00 bits per heavy atom. The van der Waals surface area contributed by atoms with Gasteiger partial charge in [0.25, 0.3) is 0 Å². The highest BCUT2D eigenvalue weighted by molar-refractivity contribution is 5.36. The van der Waals surface area contributed by atoms with E-state index in [0.29, 0.717) is 18.3 Å². The van der Waals surface area contributed by atoms with Crippen molar-refractivity contribution in [2.24, 2.45) is 11.7 Å². The van der Waals surface area contributed by atoms with Gasteiger partial charge in [-0.2, -0.15) is 0 Å².